The molecular weight excluding hydrogens is 202 g/mol. The van der Waals surface area contributed by atoms with E-state index in [0.717, 1.165) is 19.4 Å². The van der Waals surface area contributed by atoms with Crippen LogP contribution in [0.15, 0.2) is 18.2 Å². The Morgan fingerprint density at radius 3 is 3.12 bits per heavy atom. The van der Waals surface area contributed by atoms with Crippen LogP contribution in [0.3, 0.4) is 0 Å². The van der Waals surface area contributed by atoms with Crippen molar-refractivity contribution in [1.82, 2.24) is 0 Å². The molecule has 1 aliphatic rings. The van der Waals surface area contributed by atoms with E-state index in [0.29, 0.717) is 6.42 Å². The van der Waals surface area contributed by atoms with Gasteiger partial charge in [-0.25, -0.2) is 0 Å². The molecule has 1 aromatic carbocycles. The molecule has 0 aliphatic carbocycles. The maximum absolute atomic E-state index is 10.7. The molecule has 2 N–H and O–H groups in total. The topological polar surface area (TPSA) is 49.3 Å². The molecular formula is C13H17NO2. The molecule has 1 aliphatic heterocycles. The van der Waals surface area contributed by atoms with Gasteiger partial charge in [-0.15, -0.1) is 0 Å². The van der Waals surface area contributed by atoms with Gasteiger partial charge in [-0.2, -0.15) is 0 Å². The Morgan fingerprint density at radius 1 is 1.56 bits per heavy atom. The second-order valence-electron chi connectivity index (χ2n) is 4.45. The van der Waals surface area contributed by atoms with E-state index in [2.05, 4.69) is 23.5 Å². The summed E-state index contributed by atoms with van der Waals surface area (Å²) in [5.41, 5.74) is 3.84. The maximum Gasteiger partial charge on any atom is 0.306 e. The van der Waals surface area contributed by atoms with Gasteiger partial charge in [-0.3, -0.25) is 4.79 Å². The average Bonchev–Trinajstić information content (AvgIpc) is 2.72. The molecule has 16 heavy (non-hydrogen) atoms. The second kappa shape index (κ2) is 4.56. The Bertz CT molecular complexity index is 401. The first kappa shape index (κ1) is 11.0. The molecule has 0 saturated carbocycles. The van der Waals surface area contributed by atoms with Crippen LogP contribution in [0.4, 0.5) is 5.69 Å². The number of aliphatic carboxylic acids is 1. The van der Waals surface area contributed by atoms with Gasteiger partial charge in [-0.1, -0.05) is 19.1 Å². The summed E-state index contributed by atoms with van der Waals surface area (Å²) in [5.74, 6) is -0.964. The van der Waals surface area contributed by atoms with E-state index >= 15 is 0 Å². The fraction of sp³-hybridized carbons (Fsp3) is 0.462. The maximum atomic E-state index is 10.7. The number of carboxylic acids is 1. The highest BCUT2D eigenvalue weighted by Crippen LogP contribution is 2.24. The first-order chi connectivity index (χ1) is 7.66. The quantitative estimate of drug-likeness (QED) is 0.817. The number of hydrogen-bond acceptors (Lipinski definition) is 2. The number of carboxylic acid groups (broad SMARTS) is 1. The Labute approximate surface area is 95.5 Å². The van der Waals surface area contributed by atoms with E-state index in [1.165, 1.54) is 16.8 Å². The van der Waals surface area contributed by atoms with E-state index in [1.54, 1.807) is 6.92 Å². The molecule has 1 atom stereocenters. The van der Waals surface area contributed by atoms with Crippen molar-refractivity contribution in [3.05, 3.63) is 29.3 Å². The Kier molecular flexibility index (Phi) is 3.13. The molecule has 0 fully saturated rings. The smallest absolute Gasteiger partial charge is 0.306 e. The number of fused-ring (bicyclic) bond motifs is 1. The summed E-state index contributed by atoms with van der Waals surface area (Å²) in [7, 11) is 0. The van der Waals surface area contributed by atoms with Crippen LogP contribution in [0.1, 0.15) is 24.5 Å². The Hall–Kier alpha value is -1.51. The monoisotopic (exact) mass is 219 g/mol. The van der Waals surface area contributed by atoms with E-state index in [1.807, 2.05) is 0 Å². The summed E-state index contributed by atoms with van der Waals surface area (Å²) in [5, 5.41) is 12.1. The highest BCUT2D eigenvalue weighted by molar-refractivity contribution is 5.69. The number of rotatable bonds is 4. The molecule has 2 rings (SSSR count). The molecule has 0 bridgehead atoms. The molecule has 0 radical (unpaired) electrons. The van der Waals surface area contributed by atoms with Crippen LogP contribution in [-0.4, -0.2) is 17.6 Å². The van der Waals surface area contributed by atoms with Crippen LogP contribution in [0, 0.1) is 5.92 Å². The first-order valence-corrected chi connectivity index (χ1v) is 5.75. The molecule has 1 aromatic rings. The molecule has 3 heteroatoms. The second-order valence-corrected chi connectivity index (χ2v) is 4.45. The Balaban J connectivity index is 1.98. The molecule has 1 heterocycles. The van der Waals surface area contributed by atoms with Crippen LogP contribution in [0.25, 0.3) is 0 Å². The highest BCUT2D eigenvalue weighted by atomic mass is 16.4. The third-order valence-corrected chi connectivity index (χ3v) is 3.17. The summed E-state index contributed by atoms with van der Waals surface area (Å²) < 4.78 is 0. The van der Waals surface area contributed by atoms with E-state index in [4.69, 9.17) is 5.11 Å². The van der Waals surface area contributed by atoms with Crippen molar-refractivity contribution < 1.29 is 9.90 Å². The summed E-state index contributed by atoms with van der Waals surface area (Å²) in [6.45, 7) is 2.78. The largest absolute Gasteiger partial charge is 0.481 e. The number of anilines is 1. The molecule has 0 saturated heterocycles. The molecule has 86 valence electrons. The standard InChI is InChI=1S/C13H17NO2/c1-9(13(15)16)2-3-10-4-5-12-11(8-10)6-7-14-12/h4-5,8-9,14H,2-3,6-7H2,1H3,(H,15,16). The number of aryl methyl sites for hydroxylation is 1. The first-order valence-electron chi connectivity index (χ1n) is 5.75. The molecule has 0 aromatic heterocycles. The van der Waals surface area contributed by atoms with Crippen molar-refractivity contribution in [1.29, 1.82) is 0 Å². The van der Waals surface area contributed by atoms with Gasteiger partial charge < -0.3 is 10.4 Å². The van der Waals surface area contributed by atoms with Gasteiger partial charge in [0, 0.05) is 12.2 Å². The number of nitrogens with one attached hydrogen (secondary N) is 1. The lowest BCUT2D eigenvalue weighted by atomic mass is 9.99. The van der Waals surface area contributed by atoms with Gasteiger partial charge >= 0.3 is 5.97 Å². The van der Waals surface area contributed by atoms with Crippen LogP contribution in [0.2, 0.25) is 0 Å². The highest BCUT2D eigenvalue weighted by Gasteiger charge is 2.13. The zero-order chi connectivity index (χ0) is 11.5. The number of carbonyl (C=O) groups is 1. The lowest BCUT2D eigenvalue weighted by Crippen LogP contribution is -2.10. The third kappa shape index (κ3) is 2.35. The lowest BCUT2D eigenvalue weighted by molar-refractivity contribution is -0.141. The van der Waals surface area contributed by atoms with Gasteiger partial charge in [0.1, 0.15) is 0 Å². The van der Waals surface area contributed by atoms with Gasteiger partial charge in [0.25, 0.3) is 0 Å². The summed E-state index contributed by atoms with van der Waals surface area (Å²) in [4.78, 5) is 10.7. The third-order valence-electron chi connectivity index (χ3n) is 3.17. The van der Waals surface area contributed by atoms with Gasteiger partial charge in [0.15, 0.2) is 0 Å². The van der Waals surface area contributed by atoms with Gasteiger partial charge in [-0.05, 0) is 36.5 Å². The predicted molar refractivity (Wildman–Crippen MR) is 63.8 cm³/mol. The zero-order valence-corrected chi connectivity index (χ0v) is 9.49. The molecule has 1 unspecified atom stereocenters. The van der Waals surface area contributed by atoms with Crippen LogP contribution >= 0.6 is 0 Å². The molecule has 3 nitrogen and oxygen atoms in total. The summed E-state index contributed by atoms with van der Waals surface area (Å²) >= 11 is 0. The van der Waals surface area contributed by atoms with Crippen molar-refractivity contribution >= 4 is 11.7 Å². The van der Waals surface area contributed by atoms with Gasteiger partial charge in [0.2, 0.25) is 0 Å². The van der Waals surface area contributed by atoms with Crippen molar-refractivity contribution in [2.75, 3.05) is 11.9 Å². The minimum absolute atomic E-state index is 0.258. The van der Waals surface area contributed by atoms with Crippen LogP contribution in [-0.2, 0) is 17.6 Å². The van der Waals surface area contributed by atoms with E-state index in [-0.39, 0.29) is 5.92 Å². The SMILES string of the molecule is CC(CCc1ccc2c(c1)CCN2)C(=O)O. The predicted octanol–water partition coefficient (Wildman–Crippen LogP) is 2.31. The van der Waals surface area contributed by atoms with Crippen molar-refractivity contribution in [3.8, 4) is 0 Å². The summed E-state index contributed by atoms with van der Waals surface area (Å²) in [6.07, 6.45) is 2.64. The normalized spacial score (nSPS) is 15.3. The van der Waals surface area contributed by atoms with Crippen molar-refractivity contribution in [2.45, 2.75) is 26.2 Å². The fourth-order valence-electron chi connectivity index (χ4n) is 2.02. The number of benzene rings is 1. The van der Waals surface area contributed by atoms with E-state index < -0.39 is 5.97 Å². The minimum atomic E-state index is -0.706. The molecule has 0 amide bonds. The van der Waals surface area contributed by atoms with E-state index in [9.17, 15) is 4.79 Å². The lowest BCUT2D eigenvalue weighted by Gasteiger charge is -2.07. The summed E-state index contributed by atoms with van der Waals surface area (Å²) in [6, 6.07) is 6.39. The fourth-order valence-corrected chi connectivity index (χ4v) is 2.02. The zero-order valence-electron chi connectivity index (χ0n) is 9.49. The van der Waals surface area contributed by atoms with Crippen molar-refractivity contribution in [2.24, 2.45) is 5.92 Å². The van der Waals surface area contributed by atoms with Crippen LogP contribution in [0.5, 0.6) is 0 Å². The minimum Gasteiger partial charge on any atom is -0.481 e. The van der Waals surface area contributed by atoms with Crippen LogP contribution < -0.4 is 5.32 Å². The Morgan fingerprint density at radius 2 is 2.38 bits per heavy atom. The van der Waals surface area contributed by atoms with Crippen molar-refractivity contribution in [3.63, 3.8) is 0 Å². The number of hydrogen-bond donors (Lipinski definition) is 2. The average molecular weight is 219 g/mol. The molecule has 0 spiro atoms. The van der Waals surface area contributed by atoms with Gasteiger partial charge in [0.05, 0.1) is 5.92 Å².